The maximum atomic E-state index is 4.61. The Kier molecular flexibility index (Phi) is 3.95. The minimum Gasteiger partial charge on any atom is -0.402 e. The molecule has 0 amide bonds. The lowest BCUT2D eigenvalue weighted by molar-refractivity contribution is 0.309. The van der Waals surface area contributed by atoms with Crippen LogP contribution in [0.5, 0.6) is 0 Å². The number of hydrogen-bond donors (Lipinski definition) is 0. The van der Waals surface area contributed by atoms with Crippen molar-refractivity contribution in [3.63, 3.8) is 0 Å². The molecular weight excluding hydrogens is 180 g/mol. The van der Waals surface area contributed by atoms with Crippen molar-refractivity contribution in [3.05, 3.63) is 0 Å². The molecule has 0 heterocycles. The van der Waals surface area contributed by atoms with Gasteiger partial charge in [-0.2, -0.15) is 0 Å². The highest BCUT2D eigenvalue weighted by Gasteiger charge is 2.59. The summed E-state index contributed by atoms with van der Waals surface area (Å²) in [6, 6.07) is 0. The summed E-state index contributed by atoms with van der Waals surface area (Å²) < 4.78 is 9.22. The zero-order valence-corrected chi connectivity index (χ0v) is 10.7. The van der Waals surface area contributed by atoms with Gasteiger partial charge in [-0.15, -0.1) is 0 Å². The van der Waals surface area contributed by atoms with Crippen LogP contribution in [0.25, 0.3) is 0 Å². The monoisotopic (exact) mass is 202 g/mol. The average Bonchev–Trinajstić information content (AvgIpc) is 2.50. The van der Waals surface area contributed by atoms with Gasteiger partial charge in [0.05, 0.1) is 0 Å². The average molecular weight is 202 g/mol. The third kappa shape index (κ3) is 2.33. The van der Waals surface area contributed by atoms with Crippen molar-refractivity contribution in [2.24, 2.45) is 17.3 Å². The maximum absolute atomic E-state index is 4.61. The summed E-state index contributed by atoms with van der Waals surface area (Å²) in [4.78, 5) is 0. The Bertz CT molecular complexity index is 161. The van der Waals surface area contributed by atoms with E-state index in [1.165, 1.54) is 19.3 Å². The second-order valence-corrected chi connectivity index (χ2v) is 5.88. The van der Waals surface area contributed by atoms with E-state index in [0.29, 0.717) is 0 Å². The van der Waals surface area contributed by atoms with E-state index in [4.69, 9.17) is 0 Å². The molecule has 2 rings (SSSR count). The summed E-state index contributed by atoms with van der Waals surface area (Å²) in [5, 5.41) is 0. The predicted octanol–water partition coefficient (Wildman–Crippen LogP) is 1.72. The van der Waals surface area contributed by atoms with E-state index in [2.05, 4.69) is 22.7 Å². The SMILES string of the molecule is CC1C2CCCC12C.CO[SiH2]OC. The van der Waals surface area contributed by atoms with Gasteiger partial charge in [-0.05, 0) is 30.1 Å². The highest BCUT2D eigenvalue weighted by Crippen LogP contribution is 2.67. The molecule has 2 fully saturated rings. The van der Waals surface area contributed by atoms with Gasteiger partial charge < -0.3 is 8.85 Å². The molecule has 3 heteroatoms. The molecule has 0 bridgehead atoms. The Labute approximate surface area is 84.1 Å². The molecular formula is C10H22O2Si. The van der Waals surface area contributed by atoms with E-state index in [9.17, 15) is 0 Å². The van der Waals surface area contributed by atoms with Crippen LogP contribution in [0.1, 0.15) is 33.1 Å². The lowest BCUT2D eigenvalue weighted by Gasteiger charge is -2.01. The van der Waals surface area contributed by atoms with Crippen molar-refractivity contribution in [2.75, 3.05) is 14.2 Å². The molecule has 3 unspecified atom stereocenters. The molecule has 2 nitrogen and oxygen atoms in total. The smallest absolute Gasteiger partial charge is 0.303 e. The van der Waals surface area contributed by atoms with Crippen molar-refractivity contribution in [3.8, 4) is 0 Å². The molecule has 0 radical (unpaired) electrons. The molecule has 0 spiro atoms. The minimum atomic E-state index is -0.568. The van der Waals surface area contributed by atoms with Crippen LogP contribution >= 0.6 is 0 Å². The first-order valence-corrected chi connectivity index (χ1v) is 6.30. The Morgan fingerprint density at radius 2 is 1.92 bits per heavy atom. The lowest BCUT2D eigenvalue weighted by Crippen LogP contribution is -1.93. The summed E-state index contributed by atoms with van der Waals surface area (Å²) in [5.41, 5.74) is 0.819. The molecule has 0 aromatic heterocycles. The highest BCUT2D eigenvalue weighted by atomic mass is 28.3. The van der Waals surface area contributed by atoms with Crippen LogP contribution in [-0.2, 0) is 8.85 Å². The first-order valence-electron chi connectivity index (χ1n) is 5.14. The van der Waals surface area contributed by atoms with Gasteiger partial charge in [0, 0.05) is 14.2 Å². The van der Waals surface area contributed by atoms with Crippen LogP contribution in [-0.4, -0.2) is 24.2 Å². The fraction of sp³-hybridized carbons (Fsp3) is 1.00. The first-order chi connectivity index (χ1) is 6.16. The normalized spacial score (nSPS) is 40.6. The highest BCUT2D eigenvalue weighted by molar-refractivity contribution is 6.17. The molecule has 0 N–H and O–H groups in total. The summed E-state index contributed by atoms with van der Waals surface area (Å²) in [6.07, 6.45) is 4.54. The van der Waals surface area contributed by atoms with E-state index in [1.807, 2.05) is 0 Å². The molecule has 2 aliphatic rings. The van der Waals surface area contributed by atoms with E-state index < -0.39 is 10.0 Å². The Hall–Kier alpha value is 0.137. The molecule has 0 aromatic rings. The molecule has 13 heavy (non-hydrogen) atoms. The van der Waals surface area contributed by atoms with Gasteiger partial charge >= 0.3 is 10.0 Å². The van der Waals surface area contributed by atoms with Crippen LogP contribution in [0.2, 0.25) is 0 Å². The Morgan fingerprint density at radius 1 is 1.31 bits per heavy atom. The fourth-order valence-electron chi connectivity index (χ4n) is 2.72. The predicted molar refractivity (Wildman–Crippen MR) is 57.2 cm³/mol. The number of hydrogen-bond acceptors (Lipinski definition) is 2. The molecule has 0 saturated heterocycles. The fourth-order valence-corrected chi connectivity index (χ4v) is 2.96. The standard InChI is InChI=1S/C8H14.C2H8O2Si/c1-6-7-4-3-5-8(6,7)2;1-3-5-4-2/h6-7H,3-5H2,1-2H3;5H2,1-2H3. The van der Waals surface area contributed by atoms with Crippen LogP contribution < -0.4 is 0 Å². The molecule has 0 aliphatic heterocycles. The Balaban J connectivity index is 0.000000149. The number of rotatable bonds is 2. The van der Waals surface area contributed by atoms with Crippen LogP contribution in [0.15, 0.2) is 0 Å². The van der Waals surface area contributed by atoms with Crippen LogP contribution in [0.4, 0.5) is 0 Å². The molecule has 2 aliphatic carbocycles. The molecule has 0 aromatic carbocycles. The van der Waals surface area contributed by atoms with E-state index in [-0.39, 0.29) is 0 Å². The van der Waals surface area contributed by atoms with Crippen molar-refractivity contribution < 1.29 is 8.85 Å². The van der Waals surface area contributed by atoms with E-state index in [1.54, 1.807) is 14.2 Å². The maximum Gasteiger partial charge on any atom is 0.303 e. The zero-order valence-electron chi connectivity index (χ0n) is 9.30. The zero-order chi connectivity index (χ0) is 9.90. The van der Waals surface area contributed by atoms with Gasteiger partial charge in [-0.1, -0.05) is 20.3 Å². The first kappa shape index (κ1) is 11.2. The van der Waals surface area contributed by atoms with Crippen molar-refractivity contribution in [1.29, 1.82) is 0 Å². The third-order valence-electron chi connectivity index (χ3n) is 3.85. The quantitative estimate of drug-likeness (QED) is 0.635. The Morgan fingerprint density at radius 3 is 2.08 bits per heavy atom. The van der Waals surface area contributed by atoms with Gasteiger partial charge in [0.1, 0.15) is 0 Å². The number of fused-ring (bicyclic) bond motifs is 1. The van der Waals surface area contributed by atoms with Gasteiger partial charge in [-0.25, -0.2) is 0 Å². The second kappa shape index (κ2) is 4.58. The third-order valence-corrected chi connectivity index (χ3v) is 4.32. The van der Waals surface area contributed by atoms with Crippen LogP contribution in [0, 0.1) is 17.3 Å². The lowest BCUT2D eigenvalue weighted by atomic mass is 10.0. The van der Waals surface area contributed by atoms with Crippen molar-refractivity contribution in [2.45, 2.75) is 33.1 Å². The summed E-state index contributed by atoms with van der Waals surface area (Å²) in [6.45, 7) is 4.86. The van der Waals surface area contributed by atoms with Gasteiger partial charge in [0.2, 0.25) is 0 Å². The second-order valence-electron chi connectivity index (χ2n) is 4.49. The van der Waals surface area contributed by atoms with Gasteiger partial charge in [0.25, 0.3) is 0 Å². The van der Waals surface area contributed by atoms with Crippen LogP contribution in [0.3, 0.4) is 0 Å². The largest absolute Gasteiger partial charge is 0.402 e. The topological polar surface area (TPSA) is 18.5 Å². The van der Waals surface area contributed by atoms with Crippen molar-refractivity contribution >= 4 is 10.0 Å². The van der Waals surface area contributed by atoms with E-state index in [0.717, 1.165) is 17.3 Å². The van der Waals surface area contributed by atoms with E-state index >= 15 is 0 Å². The van der Waals surface area contributed by atoms with Gasteiger partial charge in [0.15, 0.2) is 0 Å². The summed E-state index contributed by atoms with van der Waals surface area (Å²) in [7, 11) is 2.73. The minimum absolute atomic E-state index is 0.568. The van der Waals surface area contributed by atoms with Gasteiger partial charge in [-0.3, -0.25) is 0 Å². The summed E-state index contributed by atoms with van der Waals surface area (Å²) in [5.74, 6) is 2.19. The summed E-state index contributed by atoms with van der Waals surface area (Å²) >= 11 is 0. The van der Waals surface area contributed by atoms with Crippen molar-refractivity contribution in [1.82, 2.24) is 0 Å². The molecule has 78 valence electrons. The molecule has 3 atom stereocenters. The molecule has 2 saturated carbocycles.